The van der Waals surface area contributed by atoms with Crippen LogP contribution in [0.5, 0.6) is 11.8 Å². The van der Waals surface area contributed by atoms with E-state index in [-0.39, 0.29) is 23.9 Å². The number of carbonyl (C=O) groups is 1. The van der Waals surface area contributed by atoms with E-state index in [1.54, 1.807) is 24.7 Å². The van der Waals surface area contributed by atoms with Crippen molar-refractivity contribution in [2.45, 2.75) is 37.8 Å². The van der Waals surface area contributed by atoms with E-state index in [9.17, 15) is 4.79 Å². The van der Waals surface area contributed by atoms with E-state index in [0.717, 1.165) is 25.7 Å². The topological polar surface area (TPSA) is 99.1 Å². The van der Waals surface area contributed by atoms with Gasteiger partial charge in [-0.3, -0.25) is 9.78 Å². The van der Waals surface area contributed by atoms with Crippen LogP contribution in [0.25, 0.3) is 0 Å². The number of carbonyl (C=O) groups excluding carboxylic acids is 1. The molecule has 0 aromatic carbocycles. The number of amides is 1. The van der Waals surface area contributed by atoms with Crippen molar-refractivity contribution in [3.8, 4) is 11.8 Å². The highest BCUT2D eigenvalue weighted by Gasteiger charge is 2.25. The van der Waals surface area contributed by atoms with Crippen LogP contribution in [-0.4, -0.2) is 45.1 Å². The molecule has 1 aliphatic carbocycles. The van der Waals surface area contributed by atoms with Crippen molar-refractivity contribution < 1.29 is 14.3 Å². The van der Waals surface area contributed by atoms with Crippen LogP contribution in [0, 0.1) is 0 Å². The van der Waals surface area contributed by atoms with Crippen LogP contribution in [0.2, 0.25) is 0 Å². The number of methoxy groups -OCH3 is 1. The SMILES string of the molecule is COc1cncc(OC2CCC(NC(=O)c3ncccn3)CC2)n1. The molecule has 24 heavy (non-hydrogen) atoms. The van der Waals surface area contributed by atoms with Gasteiger partial charge in [-0.15, -0.1) is 0 Å². The molecule has 0 spiro atoms. The Hall–Kier alpha value is -2.77. The van der Waals surface area contributed by atoms with Crippen molar-refractivity contribution in [2.75, 3.05) is 7.11 Å². The Bertz CT molecular complexity index is 674. The number of aromatic nitrogens is 4. The molecule has 1 fully saturated rings. The van der Waals surface area contributed by atoms with Crippen molar-refractivity contribution in [3.63, 3.8) is 0 Å². The monoisotopic (exact) mass is 329 g/mol. The number of hydrogen-bond acceptors (Lipinski definition) is 7. The minimum absolute atomic E-state index is 0.0625. The zero-order valence-corrected chi connectivity index (χ0v) is 13.4. The summed E-state index contributed by atoms with van der Waals surface area (Å²) in [7, 11) is 1.54. The van der Waals surface area contributed by atoms with Crippen LogP contribution in [0.1, 0.15) is 36.3 Å². The molecular weight excluding hydrogens is 310 g/mol. The van der Waals surface area contributed by atoms with E-state index in [1.165, 1.54) is 13.3 Å². The summed E-state index contributed by atoms with van der Waals surface area (Å²) in [4.78, 5) is 28.2. The summed E-state index contributed by atoms with van der Waals surface area (Å²) in [6, 6.07) is 1.79. The summed E-state index contributed by atoms with van der Waals surface area (Å²) in [5.41, 5.74) is 0. The van der Waals surface area contributed by atoms with Crippen molar-refractivity contribution in [3.05, 3.63) is 36.7 Å². The summed E-state index contributed by atoms with van der Waals surface area (Å²) in [6.45, 7) is 0. The van der Waals surface area contributed by atoms with Gasteiger partial charge in [0.25, 0.3) is 5.91 Å². The average molecular weight is 329 g/mol. The Morgan fingerprint density at radius 2 is 1.83 bits per heavy atom. The second-order valence-electron chi connectivity index (χ2n) is 5.54. The van der Waals surface area contributed by atoms with E-state index in [1.807, 2.05) is 0 Å². The normalized spacial score (nSPS) is 20.2. The van der Waals surface area contributed by atoms with E-state index in [2.05, 4.69) is 25.3 Å². The van der Waals surface area contributed by atoms with Gasteiger partial charge in [-0.05, 0) is 31.7 Å². The first kappa shape index (κ1) is 16.1. The molecule has 0 atom stereocenters. The Kier molecular flexibility index (Phi) is 5.15. The third-order valence-corrected chi connectivity index (χ3v) is 3.87. The first-order chi connectivity index (χ1) is 11.7. The summed E-state index contributed by atoms with van der Waals surface area (Å²) in [5, 5.41) is 2.97. The maximum Gasteiger partial charge on any atom is 0.289 e. The maximum absolute atomic E-state index is 12.1. The minimum atomic E-state index is -0.237. The molecule has 3 rings (SSSR count). The summed E-state index contributed by atoms with van der Waals surface area (Å²) in [5.74, 6) is 0.844. The summed E-state index contributed by atoms with van der Waals surface area (Å²) >= 11 is 0. The van der Waals surface area contributed by atoms with Crippen LogP contribution < -0.4 is 14.8 Å². The molecule has 1 amide bonds. The molecular formula is C16H19N5O3. The highest BCUT2D eigenvalue weighted by Crippen LogP contribution is 2.23. The number of hydrogen-bond donors (Lipinski definition) is 1. The second kappa shape index (κ2) is 7.67. The molecule has 0 unspecified atom stereocenters. The smallest absolute Gasteiger partial charge is 0.289 e. The molecule has 1 aliphatic rings. The molecule has 2 aromatic rings. The number of nitrogens with zero attached hydrogens (tertiary/aromatic N) is 4. The summed E-state index contributed by atoms with van der Waals surface area (Å²) < 4.78 is 10.9. The Labute approximate surface area is 139 Å². The third kappa shape index (κ3) is 4.15. The van der Waals surface area contributed by atoms with Crippen LogP contribution in [0.4, 0.5) is 0 Å². The minimum Gasteiger partial charge on any atom is -0.480 e. The second-order valence-corrected chi connectivity index (χ2v) is 5.54. The zero-order valence-electron chi connectivity index (χ0n) is 13.4. The van der Waals surface area contributed by atoms with Crippen molar-refractivity contribution >= 4 is 5.91 Å². The van der Waals surface area contributed by atoms with Gasteiger partial charge in [-0.2, -0.15) is 4.98 Å². The quantitative estimate of drug-likeness (QED) is 0.885. The number of nitrogens with one attached hydrogen (secondary N) is 1. The van der Waals surface area contributed by atoms with Gasteiger partial charge in [0.15, 0.2) is 0 Å². The van der Waals surface area contributed by atoms with Gasteiger partial charge < -0.3 is 14.8 Å². The van der Waals surface area contributed by atoms with E-state index < -0.39 is 0 Å². The number of ether oxygens (including phenoxy) is 2. The lowest BCUT2D eigenvalue weighted by atomic mass is 9.93. The van der Waals surface area contributed by atoms with Crippen molar-refractivity contribution in [1.82, 2.24) is 25.3 Å². The molecule has 0 bridgehead atoms. The molecule has 8 heteroatoms. The van der Waals surface area contributed by atoms with Gasteiger partial charge in [0.2, 0.25) is 17.6 Å². The fourth-order valence-electron chi connectivity index (χ4n) is 2.65. The van der Waals surface area contributed by atoms with E-state index >= 15 is 0 Å². The first-order valence-corrected chi connectivity index (χ1v) is 7.85. The van der Waals surface area contributed by atoms with Crippen LogP contribution in [-0.2, 0) is 0 Å². The van der Waals surface area contributed by atoms with Gasteiger partial charge in [0.05, 0.1) is 19.5 Å². The highest BCUT2D eigenvalue weighted by atomic mass is 16.5. The first-order valence-electron chi connectivity index (χ1n) is 7.85. The number of rotatable bonds is 5. The van der Waals surface area contributed by atoms with E-state index in [0.29, 0.717) is 11.8 Å². The van der Waals surface area contributed by atoms with Crippen LogP contribution in [0.3, 0.4) is 0 Å². The van der Waals surface area contributed by atoms with Crippen molar-refractivity contribution in [2.24, 2.45) is 0 Å². The fourth-order valence-corrected chi connectivity index (χ4v) is 2.65. The van der Waals surface area contributed by atoms with Gasteiger partial charge >= 0.3 is 0 Å². The third-order valence-electron chi connectivity index (χ3n) is 3.87. The Balaban J connectivity index is 1.48. The zero-order chi connectivity index (χ0) is 16.8. The van der Waals surface area contributed by atoms with Crippen molar-refractivity contribution in [1.29, 1.82) is 0 Å². The van der Waals surface area contributed by atoms with E-state index in [4.69, 9.17) is 9.47 Å². The molecule has 1 saturated carbocycles. The summed E-state index contributed by atoms with van der Waals surface area (Å²) in [6.07, 6.45) is 9.62. The Morgan fingerprint density at radius 3 is 2.54 bits per heavy atom. The van der Waals surface area contributed by atoms with Gasteiger partial charge in [0, 0.05) is 18.4 Å². The average Bonchev–Trinajstić information content (AvgIpc) is 2.64. The predicted molar refractivity (Wildman–Crippen MR) is 84.8 cm³/mol. The lowest BCUT2D eigenvalue weighted by molar-refractivity contribution is 0.0879. The molecule has 2 heterocycles. The van der Waals surface area contributed by atoms with Gasteiger partial charge in [0.1, 0.15) is 6.10 Å². The highest BCUT2D eigenvalue weighted by molar-refractivity contribution is 5.90. The fraction of sp³-hybridized carbons (Fsp3) is 0.438. The largest absolute Gasteiger partial charge is 0.480 e. The lowest BCUT2D eigenvalue weighted by Crippen LogP contribution is -2.40. The maximum atomic E-state index is 12.1. The molecule has 1 N–H and O–H groups in total. The molecule has 0 saturated heterocycles. The lowest BCUT2D eigenvalue weighted by Gasteiger charge is -2.28. The predicted octanol–water partition coefficient (Wildman–Crippen LogP) is 1.40. The molecule has 126 valence electrons. The van der Waals surface area contributed by atoms with Crippen LogP contribution in [0.15, 0.2) is 30.9 Å². The Morgan fingerprint density at radius 1 is 1.12 bits per heavy atom. The van der Waals surface area contributed by atoms with Crippen LogP contribution >= 0.6 is 0 Å². The standard InChI is InChI=1S/C16H19N5O3/c1-23-13-9-17-10-14(21-13)24-12-5-3-11(4-6-12)20-16(22)15-18-7-2-8-19-15/h2,7-12H,3-6H2,1H3,(H,20,22). The molecule has 8 nitrogen and oxygen atoms in total. The molecule has 0 aliphatic heterocycles. The van der Waals surface area contributed by atoms with Gasteiger partial charge in [-0.25, -0.2) is 9.97 Å². The molecule has 2 aromatic heterocycles. The molecule has 0 radical (unpaired) electrons. The van der Waals surface area contributed by atoms with Gasteiger partial charge in [-0.1, -0.05) is 0 Å².